The van der Waals surface area contributed by atoms with Crippen LogP contribution in [0.1, 0.15) is 26.7 Å². The monoisotopic (exact) mass is 215 g/mol. The van der Waals surface area contributed by atoms with Crippen LogP contribution >= 0.6 is 11.5 Å². The summed E-state index contributed by atoms with van der Waals surface area (Å²) in [5.41, 5.74) is 5.67. The molecule has 0 bridgehead atoms. The third-order valence-corrected chi connectivity index (χ3v) is 2.58. The van der Waals surface area contributed by atoms with Gasteiger partial charge in [0.1, 0.15) is 0 Å². The smallest absolute Gasteiger partial charge is 0.197 e. The predicted octanol–water partition coefficient (Wildman–Crippen LogP) is 2.34. The maximum Gasteiger partial charge on any atom is 0.197 e. The number of anilines is 2. The zero-order chi connectivity index (χ0) is 10.4. The zero-order valence-electron chi connectivity index (χ0n) is 8.67. The molecule has 1 aromatic heterocycles. The van der Waals surface area contributed by atoms with E-state index in [2.05, 4.69) is 16.6 Å². The highest BCUT2D eigenvalue weighted by Crippen LogP contribution is 2.34. The fourth-order valence-corrected chi connectivity index (χ4v) is 1.75. The topological polar surface area (TPSA) is 60.2 Å². The Balaban J connectivity index is 2.56. The molecule has 3 N–H and O–H groups in total. The van der Waals surface area contributed by atoms with Gasteiger partial charge in [-0.1, -0.05) is 13.3 Å². The predicted molar refractivity (Wildman–Crippen MR) is 61.1 cm³/mol. The van der Waals surface area contributed by atoms with Crippen molar-refractivity contribution in [3.8, 4) is 5.75 Å². The van der Waals surface area contributed by atoms with E-state index in [1.165, 1.54) is 18.0 Å². The number of ether oxygens (including phenoxy) is 1. The fourth-order valence-electron chi connectivity index (χ4n) is 1.07. The van der Waals surface area contributed by atoms with Crippen LogP contribution in [0, 0.1) is 0 Å². The standard InChI is InChI=1S/C9H17N3OS/c1-3-5-6-11-9-7(13-4-2)8(10)12-14-9/h11H,3-6H2,1-2H3,(H2,10,12). The third kappa shape index (κ3) is 2.77. The fraction of sp³-hybridized carbons (Fsp3) is 0.667. The molecule has 0 aliphatic heterocycles. The average Bonchev–Trinajstić information content (AvgIpc) is 2.51. The largest absolute Gasteiger partial charge is 0.487 e. The number of nitrogens with two attached hydrogens (primary N) is 1. The molecule has 0 amide bonds. The van der Waals surface area contributed by atoms with Crippen molar-refractivity contribution >= 4 is 22.4 Å². The van der Waals surface area contributed by atoms with Crippen molar-refractivity contribution in [1.82, 2.24) is 4.37 Å². The molecular formula is C9H17N3OS. The maximum atomic E-state index is 5.67. The summed E-state index contributed by atoms with van der Waals surface area (Å²) in [5.74, 6) is 1.18. The molecule has 0 aliphatic carbocycles. The second-order valence-electron chi connectivity index (χ2n) is 2.94. The van der Waals surface area contributed by atoms with Crippen LogP contribution in [0.15, 0.2) is 0 Å². The Kier molecular flexibility index (Phi) is 4.52. The molecule has 80 valence electrons. The summed E-state index contributed by atoms with van der Waals surface area (Å²) < 4.78 is 9.44. The van der Waals surface area contributed by atoms with E-state index >= 15 is 0 Å². The molecule has 1 aromatic rings. The molecule has 0 spiro atoms. The number of aromatic nitrogens is 1. The van der Waals surface area contributed by atoms with E-state index < -0.39 is 0 Å². The van der Waals surface area contributed by atoms with Gasteiger partial charge in [0.05, 0.1) is 6.61 Å². The summed E-state index contributed by atoms with van der Waals surface area (Å²) in [6.45, 7) is 5.66. The molecule has 0 atom stereocenters. The van der Waals surface area contributed by atoms with Gasteiger partial charge in [-0.05, 0) is 24.9 Å². The highest BCUT2D eigenvalue weighted by molar-refractivity contribution is 7.11. The summed E-state index contributed by atoms with van der Waals surface area (Å²) in [7, 11) is 0. The van der Waals surface area contributed by atoms with E-state index in [9.17, 15) is 0 Å². The van der Waals surface area contributed by atoms with Crippen LogP contribution in [0.25, 0.3) is 0 Å². The SMILES string of the molecule is CCCCNc1snc(N)c1OCC. The van der Waals surface area contributed by atoms with Gasteiger partial charge in [0.15, 0.2) is 16.6 Å². The molecule has 4 nitrogen and oxygen atoms in total. The summed E-state index contributed by atoms with van der Waals surface area (Å²) in [5, 5.41) is 4.21. The molecular weight excluding hydrogens is 198 g/mol. The zero-order valence-corrected chi connectivity index (χ0v) is 9.49. The quantitative estimate of drug-likeness (QED) is 0.715. The number of rotatable bonds is 6. The Morgan fingerprint density at radius 2 is 2.29 bits per heavy atom. The highest BCUT2D eigenvalue weighted by atomic mass is 32.1. The van der Waals surface area contributed by atoms with Crippen molar-refractivity contribution in [2.75, 3.05) is 24.2 Å². The molecule has 0 aliphatic rings. The normalized spacial score (nSPS) is 10.1. The number of unbranched alkanes of at least 4 members (excludes halogenated alkanes) is 1. The Labute approximate surface area is 88.6 Å². The van der Waals surface area contributed by atoms with Crippen molar-refractivity contribution in [3.63, 3.8) is 0 Å². The number of hydrogen-bond donors (Lipinski definition) is 2. The minimum absolute atomic E-state index is 0.482. The Morgan fingerprint density at radius 3 is 2.93 bits per heavy atom. The number of nitrogens with one attached hydrogen (secondary N) is 1. The highest BCUT2D eigenvalue weighted by Gasteiger charge is 2.11. The van der Waals surface area contributed by atoms with Crippen LogP contribution in [0.5, 0.6) is 5.75 Å². The van der Waals surface area contributed by atoms with Crippen molar-refractivity contribution in [1.29, 1.82) is 0 Å². The van der Waals surface area contributed by atoms with E-state index in [1.807, 2.05) is 6.92 Å². The lowest BCUT2D eigenvalue weighted by Crippen LogP contribution is -2.02. The Bertz CT molecular complexity index is 275. The first kappa shape index (κ1) is 11.1. The van der Waals surface area contributed by atoms with Crippen molar-refractivity contribution in [3.05, 3.63) is 0 Å². The van der Waals surface area contributed by atoms with E-state index in [0.717, 1.165) is 18.0 Å². The molecule has 0 saturated heterocycles. The number of hydrogen-bond acceptors (Lipinski definition) is 5. The summed E-state index contributed by atoms with van der Waals surface area (Å²) in [6, 6.07) is 0. The number of nitrogens with zero attached hydrogens (tertiary/aromatic N) is 1. The minimum atomic E-state index is 0.482. The van der Waals surface area contributed by atoms with Crippen LogP contribution in [-0.4, -0.2) is 17.5 Å². The van der Waals surface area contributed by atoms with Crippen LogP contribution in [0.3, 0.4) is 0 Å². The summed E-state index contributed by atoms with van der Waals surface area (Å²) in [6.07, 6.45) is 2.31. The molecule has 0 radical (unpaired) electrons. The van der Waals surface area contributed by atoms with Crippen LogP contribution in [-0.2, 0) is 0 Å². The molecule has 5 heteroatoms. The van der Waals surface area contributed by atoms with Crippen molar-refractivity contribution in [2.45, 2.75) is 26.7 Å². The molecule has 1 rings (SSSR count). The van der Waals surface area contributed by atoms with Gasteiger partial charge in [0.25, 0.3) is 0 Å². The van der Waals surface area contributed by atoms with E-state index in [4.69, 9.17) is 10.5 Å². The van der Waals surface area contributed by atoms with Gasteiger partial charge in [-0.2, -0.15) is 4.37 Å². The van der Waals surface area contributed by atoms with E-state index in [1.54, 1.807) is 0 Å². The second-order valence-corrected chi connectivity index (χ2v) is 3.71. The van der Waals surface area contributed by atoms with Gasteiger partial charge in [-0.25, -0.2) is 0 Å². The lowest BCUT2D eigenvalue weighted by Gasteiger charge is -2.06. The first-order valence-electron chi connectivity index (χ1n) is 4.91. The van der Waals surface area contributed by atoms with Gasteiger partial charge in [-0.15, -0.1) is 0 Å². The molecule has 0 saturated carbocycles. The van der Waals surface area contributed by atoms with E-state index in [-0.39, 0.29) is 0 Å². The maximum absolute atomic E-state index is 5.67. The van der Waals surface area contributed by atoms with E-state index in [0.29, 0.717) is 18.2 Å². The van der Waals surface area contributed by atoms with Gasteiger partial charge >= 0.3 is 0 Å². The molecule has 0 fully saturated rings. The lowest BCUT2D eigenvalue weighted by molar-refractivity contribution is 0.344. The van der Waals surface area contributed by atoms with Crippen molar-refractivity contribution in [2.24, 2.45) is 0 Å². The van der Waals surface area contributed by atoms with Crippen LogP contribution < -0.4 is 15.8 Å². The third-order valence-electron chi connectivity index (χ3n) is 1.78. The molecule has 0 unspecified atom stereocenters. The molecule has 0 aromatic carbocycles. The van der Waals surface area contributed by atoms with Gasteiger partial charge in [0.2, 0.25) is 0 Å². The Morgan fingerprint density at radius 1 is 1.50 bits per heavy atom. The van der Waals surface area contributed by atoms with Crippen molar-refractivity contribution < 1.29 is 4.74 Å². The second kappa shape index (κ2) is 5.70. The number of nitrogen functional groups attached to an aromatic ring is 1. The minimum Gasteiger partial charge on any atom is -0.487 e. The van der Waals surface area contributed by atoms with Crippen LogP contribution in [0.2, 0.25) is 0 Å². The first-order valence-corrected chi connectivity index (χ1v) is 5.68. The summed E-state index contributed by atoms with van der Waals surface area (Å²) >= 11 is 1.36. The van der Waals surface area contributed by atoms with Gasteiger partial charge < -0.3 is 15.8 Å². The Hall–Kier alpha value is -0.970. The van der Waals surface area contributed by atoms with Gasteiger partial charge in [0, 0.05) is 6.54 Å². The van der Waals surface area contributed by atoms with Gasteiger partial charge in [-0.3, -0.25) is 0 Å². The lowest BCUT2D eigenvalue weighted by atomic mass is 10.3. The molecule has 1 heterocycles. The summed E-state index contributed by atoms with van der Waals surface area (Å²) in [4.78, 5) is 0. The first-order chi connectivity index (χ1) is 6.79. The van der Waals surface area contributed by atoms with Crippen LogP contribution in [0.4, 0.5) is 10.8 Å². The average molecular weight is 215 g/mol. The molecule has 14 heavy (non-hydrogen) atoms.